The van der Waals surface area contributed by atoms with Crippen LogP contribution in [0.2, 0.25) is 0 Å². The molecule has 0 spiro atoms. The van der Waals surface area contributed by atoms with Gasteiger partial charge >= 0.3 is 0 Å². The summed E-state index contributed by atoms with van der Waals surface area (Å²) in [5, 5.41) is 10.3. The number of rotatable bonds is 2. The van der Waals surface area contributed by atoms with Crippen LogP contribution in [0.3, 0.4) is 0 Å². The van der Waals surface area contributed by atoms with Gasteiger partial charge in [-0.1, -0.05) is 72.8 Å². The van der Waals surface area contributed by atoms with Crippen molar-refractivity contribution < 1.29 is 5.11 Å². The molecule has 124 valence electrons. The maximum absolute atomic E-state index is 10.3. The highest BCUT2D eigenvalue weighted by molar-refractivity contribution is 5.86. The minimum absolute atomic E-state index is 0.348. The SMILES string of the molecule is Oc1cccc2c1Cc1c(-c3ccccc3)cc(-c3ccccc3)nc1-2. The molecule has 2 heteroatoms. The molecule has 4 aromatic rings. The van der Waals surface area contributed by atoms with Gasteiger partial charge in [-0.2, -0.15) is 0 Å². The molecular formula is C24H17NO. The van der Waals surface area contributed by atoms with Crippen LogP contribution >= 0.6 is 0 Å². The van der Waals surface area contributed by atoms with Gasteiger partial charge in [0.15, 0.2) is 0 Å². The Hall–Kier alpha value is -3.39. The predicted molar refractivity (Wildman–Crippen MR) is 105 cm³/mol. The van der Waals surface area contributed by atoms with E-state index in [-0.39, 0.29) is 0 Å². The van der Waals surface area contributed by atoms with Crippen LogP contribution in [0, 0.1) is 0 Å². The van der Waals surface area contributed by atoms with Crippen LogP contribution in [0.5, 0.6) is 5.75 Å². The number of phenols is 1. The van der Waals surface area contributed by atoms with Crippen molar-refractivity contribution in [3.8, 4) is 39.4 Å². The molecule has 5 rings (SSSR count). The average molecular weight is 335 g/mol. The first-order chi connectivity index (χ1) is 12.8. The fraction of sp³-hybridized carbons (Fsp3) is 0.0417. The monoisotopic (exact) mass is 335 g/mol. The van der Waals surface area contributed by atoms with Gasteiger partial charge in [0.05, 0.1) is 11.4 Å². The lowest BCUT2D eigenvalue weighted by molar-refractivity contribution is 0.470. The van der Waals surface area contributed by atoms with Crippen LogP contribution in [0.4, 0.5) is 0 Å². The van der Waals surface area contributed by atoms with E-state index in [2.05, 4.69) is 48.5 Å². The number of aromatic hydroxyl groups is 1. The second-order valence-corrected chi connectivity index (χ2v) is 6.59. The molecule has 0 bridgehead atoms. The van der Waals surface area contributed by atoms with Crippen molar-refractivity contribution in [1.82, 2.24) is 4.98 Å². The van der Waals surface area contributed by atoms with E-state index in [0.717, 1.165) is 28.1 Å². The molecule has 1 N–H and O–H groups in total. The van der Waals surface area contributed by atoms with Gasteiger partial charge in [-0.3, -0.25) is 0 Å². The van der Waals surface area contributed by atoms with Crippen molar-refractivity contribution in [1.29, 1.82) is 0 Å². The Labute approximate surface area is 152 Å². The highest BCUT2D eigenvalue weighted by Crippen LogP contribution is 2.44. The number of nitrogens with zero attached hydrogens (tertiary/aromatic N) is 1. The lowest BCUT2D eigenvalue weighted by Crippen LogP contribution is -1.94. The van der Waals surface area contributed by atoms with Crippen molar-refractivity contribution in [2.24, 2.45) is 0 Å². The zero-order valence-corrected chi connectivity index (χ0v) is 14.2. The van der Waals surface area contributed by atoms with Crippen LogP contribution in [0.15, 0.2) is 84.9 Å². The van der Waals surface area contributed by atoms with Crippen molar-refractivity contribution >= 4 is 0 Å². The first-order valence-electron chi connectivity index (χ1n) is 8.77. The third kappa shape index (κ3) is 2.31. The topological polar surface area (TPSA) is 33.1 Å². The molecule has 0 radical (unpaired) electrons. The minimum Gasteiger partial charge on any atom is -0.508 e. The maximum atomic E-state index is 10.3. The molecule has 1 aromatic heterocycles. The lowest BCUT2D eigenvalue weighted by Gasteiger charge is -2.12. The first-order valence-corrected chi connectivity index (χ1v) is 8.77. The number of fused-ring (bicyclic) bond motifs is 3. The van der Waals surface area contributed by atoms with Gasteiger partial charge in [0.2, 0.25) is 0 Å². The molecule has 0 fully saturated rings. The molecule has 0 saturated carbocycles. The van der Waals surface area contributed by atoms with Gasteiger partial charge in [0.1, 0.15) is 5.75 Å². The van der Waals surface area contributed by atoms with Crippen LogP contribution < -0.4 is 0 Å². The Morgan fingerprint density at radius 1 is 0.654 bits per heavy atom. The highest BCUT2D eigenvalue weighted by atomic mass is 16.3. The van der Waals surface area contributed by atoms with Crippen LogP contribution in [-0.2, 0) is 6.42 Å². The molecule has 1 heterocycles. The van der Waals surface area contributed by atoms with E-state index in [0.29, 0.717) is 12.2 Å². The molecule has 3 aromatic carbocycles. The second-order valence-electron chi connectivity index (χ2n) is 6.59. The summed E-state index contributed by atoms with van der Waals surface area (Å²) in [7, 11) is 0. The van der Waals surface area contributed by atoms with Gasteiger partial charge in [0.25, 0.3) is 0 Å². The molecule has 26 heavy (non-hydrogen) atoms. The van der Waals surface area contributed by atoms with Crippen molar-refractivity contribution in [3.05, 3.63) is 96.1 Å². The number of hydrogen-bond acceptors (Lipinski definition) is 2. The molecule has 0 amide bonds. The van der Waals surface area contributed by atoms with E-state index in [1.165, 1.54) is 16.7 Å². The van der Waals surface area contributed by atoms with E-state index in [1.54, 1.807) is 6.07 Å². The fourth-order valence-corrected chi connectivity index (χ4v) is 3.76. The second kappa shape index (κ2) is 5.85. The molecule has 0 aliphatic heterocycles. The van der Waals surface area contributed by atoms with Crippen LogP contribution in [-0.4, -0.2) is 10.1 Å². The van der Waals surface area contributed by atoms with Crippen molar-refractivity contribution in [3.63, 3.8) is 0 Å². The van der Waals surface area contributed by atoms with E-state index in [9.17, 15) is 5.11 Å². The summed E-state index contributed by atoms with van der Waals surface area (Å²) in [6, 6.07) is 28.5. The number of phenolic OH excluding ortho intramolecular Hbond substituents is 1. The van der Waals surface area contributed by atoms with Crippen LogP contribution in [0.1, 0.15) is 11.1 Å². The summed E-state index contributed by atoms with van der Waals surface area (Å²) >= 11 is 0. The first kappa shape index (κ1) is 14.9. The normalized spacial score (nSPS) is 11.8. The van der Waals surface area contributed by atoms with Crippen molar-refractivity contribution in [2.75, 3.05) is 0 Å². The fourth-order valence-electron chi connectivity index (χ4n) is 3.76. The lowest BCUT2D eigenvalue weighted by atomic mass is 9.96. The largest absolute Gasteiger partial charge is 0.508 e. The smallest absolute Gasteiger partial charge is 0.119 e. The zero-order valence-electron chi connectivity index (χ0n) is 14.2. The molecule has 0 saturated heterocycles. The Bertz CT molecular complexity index is 1100. The Balaban J connectivity index is 1.81. The third-order valence-electron chi connectivity index (χ3n) is 5.04. The van der Waals surface area contributed by atoms with Gasteiger partial charge in [-0.05, 0) is 28.8 Å². The maximum Gasteiger partial charge on any atom is 0.119 e. The predicted octanol–water partition coefficient (Wildman–Crippen LogP) is 5.69. The Morgan fingerprint density at radius 3 is 2.08 bits per heavy atom. The van der Waals surface area contributed by atoms with Gasteiger partial charge in [0, 0.05) is 23.1 Å². The minimum atomic E-state index is 0.348. The number of hydrogen-bond donors (Lipinski definition) is 1. The zero-order chi connectivity index (χ0) is 17.5. The molecule has 2 nitrogen and oxygen atoms in total. The van der Waals surface area contributed by atoms with Gasteiger partial charge in [-0.15, -0.1) is 0 Å². The summed E-state index contributed by atoms with van der Waals surface area (Å²) in [4.78, 5) is 4.98. The van der Waals surface area contributed by atoms with Crippen molar-refractivity contribution in [2.45, 2.75) is 6.42 Å². The number of benzene rings is 3. The summed E-state index contributed by atoms with van der Waals surface area (Å²) in [6.45, 7) is 0. The van der Waals surface area contributed by atoms with E-state index in [1.807, 2.05) is 30.3 Å². The summed E-state index contributed by atoms with van der Waals surface area (Å²) in [5.41, 5.74) is 8.59. The van der Waals surface area contributed by atoms with E-state index >= 15 is 0 Å². The molecule has 0 atom stereocenters. The van der Waals surface area contributed by atoms with E-state index < -0.39 is 0 Å². The standard InChI is InChI=1S/C24H17NO/c26-23-13-7-12-18-20(23)14-21-19(16-8-3-1-4-9-16)15-22(25-24(18)21)17-10-5-2-6-11-17/h1-13,15,26H,14H2. The molecule has 1 aliphatic rings. The van der Waals surface area contributed by atoms with E-state index in [4.69, 9.17) is 4.98 Å². The average Bonchev–Trinajstić information content (AvgIpc) is 3.09. The molecule has 0 unspecified atom stereocenters. The summed E-state index contributed by atoms with van der Waals surface area (Å²) in [6.07, 6.45) is 0.712. The Kier molecular flexibility index (Phi) is 3.36. The molecular weight excluding hydrogens is 318 g/mol. The molecule has 1 aliphatic carbocycles. The highest BCUT2D eigenvalue weighted by Gasteiger charge is 2.26. The van der Waals surface area contributed by atoms with Gasteiger partial charge in [-0.25, -0.2) is 4.98 Å². The number of pyridine rings is 1. The third-order valence-corrected chi connectivity index (χ3v) is 5.04. The van der Waals surface area contributed by atoms with Gasteiger partial charge < -0.3 is 5.11 Å². The quantitative estimate of drug-likeness (QED) is 0.449. The number of aromatic nitrogens is 1. The Morgan fingerprint density at radius 2 is 1.35 bits per heavy atom. The summed E-state index contributed by atoms with van der Waals surface area (Å²) in [5.74, 6) is 0.348. The summed E-state index contributed by atoms with van der Waals surface area (Å²) < 4.78 is 0. The van der Waals surface area contributed by atoms with Crippen LogP contribution in [0.25, 0.3) is 33.6 Å².